The molecule has 0 amide bonds. The van der Waals surface area contributed by atoms with Gasteiger partial charge in [0.15, 0.2) is 0 Å². The van der Waals surface area contributed by atoms with Crippen LogP contribution >= 0.6 is 0 Å². The summed E-state index contributed by atoms with van der Waals surface area (Å²) in [6.45, 7) is 4.48. The Morgan fingerprint density at radius 3 is 1.86 bits per heavy atom. The summed E-state index contributed by atoms with van der Waals surface area (Å²) in [6, 6.07) is 21.3. The minimum Gasteiger partial charge on any atom is -0.488 e. The molecule has 3 aromatic carbocycles. The molecule has 10 heteroatoms. The molecule has 224 valence electrons. The maximum absolute atomic E-state index is 12.5. The summed E-state index contributed by atoms with van der Waals surface area (Å²) in [7, 11) is 2.75. The molecular formula is C32H39N3O7. The fourth-order valence-electron chi connectivity index (χ4n) is 4.84. The van der Waals surface area contributed by atoms with Crippen molar-refractivity contribution < 1.29 is 33.6 Å². The summed E-state index contributed by atoms with van der Waals surface area (Å²) in [5.74, 6) is 0.440. The van der Waals surface area contributed by atoms with Crippen molar-refractivity contribution in [3.05, 3.63) is 77.9 Å². The zero-order chi connectivity index (χ0) is 29.9. The second-order valence-electron chi connectivity index (χ2n) is 9.95. The van der Waals surface area contributed by atoms with E-state index in [0.29, 0.717) is 48.9 Å². The molecule has 0 aliphatic carbocycles. The van der Waals surface area contributed by atoms with Gasteiger partial charge in [-0.1, -0.05) is 30.3 Å². The molecule has 1 aliphatic rings. The van der Waals surface area contributed by atoms with Crippen molar-refractivity contribution in [2.75, 3.05) is 81.4 Å². The van der Waals surface area contributed by atoms with E-state index >= 15 is 0 Å². The minimum atomic E-state index is -0.380. The van der Waals surface area contributed by atoms with Crippen LogP contribution in [0.1, 0.15) is 11.1 Å². The van der Waals surface area contributed by atoms with E-state index in [0.717, 1.165) is 16.9 Å². The zero-order valence-electron chi connectivity index (χ0n) is 24.5. The van der Waals surface area contributed by atoms with Crippen LogP contribution in [0, 0.1) is 6.92 Å². The monoisotopic (exact) mass is 577 g/mol. The fraction of sp³-hybridized carbons (Fsp3) is 0.375. The highest BCUT2D eigenvalue weighted by atomic mass is 16.5. The lowest BCUT2D eigenvalue weighted by Crippen LogP contribution is -2.42. The van der Waals surface area contributed by atoms with Gasteiger partial charge in [-0.05, 0) is 54.4 Å². The summed E-state index contributed by atoms with van der Waals surface area (Å²) in [4.78, 5) is 31.1. The van der Waals surface area contributed by atoms with E-state index in [2.05, 4.69) is 4.90 Å². The first-order valence-electron chi connectivity index (χ1n) is 14.0. The highest BCUT2D eigenvalue weighted by Crippen LogP contribution is 2.32. The molecule has 0 bridgehead atoms. The Bertz CT molecular complexity index is 1330. The van der Waals surface area contributed by atoms with Crippen LogP contribution in [-0.4, -0.2) is 83.7 Å². The van der Waals surface area contributed by atoms with Gasteiger partial charge in [-0.3, -0.25) is 9.59 Å². The molecule has 1 aliphatic heterocycles. The van der Waals surface area contributed by atoms with E-state index in [4.69, 9.17) is 18.9 Å². The summed E-state index contributed by atoms with van der Waals surface area (Å²) in [5.41, 5.74) is 4.21. The van der Waals surface area contributed by atoms with E-state index in [1.165, 1.54) is 14.2 Å². The first-order chi connectivity index (χ1) is 20.4. The molecule has 0 saturated heterocycles. The largest absolute Gasteiger partial charge is 0.488 e. The Labute approximate surface area is 246 Å². The van der Waals surface area contributed by atoms with Gasteiger partial charge < -0.3 is 38.8 Å². The van der Waals surface area contributed by atoms with Gasteiger partial charge in [0, 0.05) is 31.9 Å². The maximum Gasteiger partial charge on any atom is 0.325 e. The lowest BCUT2D eigenvalue weighted by Gasteiger charge is -2.33. The third-order valence-corrected chi connectivity index (χ3v) is 7.10. The number of carbonyl (C=O) groups is 2. The van der Waals surface area contributed by atoms with Gasteiger partial charge in [0.2, 0.25) is 0 Å². The average Bonchev–Trinajstić information content (AvgIpc) is 3.02. The number of esters is 2. The predicted molar refractivity (Wildman–Crippen MR) is 162 cm³/mol. The molecule has 1 heterocycles. The van der Waals surface area contributed by atoms with Crippen molar-refractivity contribution in [1.82, 2.24) is 0 Å². The standard InChI is InChI=1S/C32H39N3O7/c1-24-9-11-27-29(19-24)41-17-18-42-30-20-25(23-36)10-12-28(30)35(22-32(38)40-3)16-14-33(26-7-5-4-6-8-26)13-15-34(27)21-31(37)39-2/h4-12,19-20,36H,13-18,21-23H2,1-3H3. The number of nitrogens with zero attached hydrogens (tertiary/aromatic N) is 3. The number of fused-ring (bicyclic) bond motifs is 2. The van der Waals surface area contributed by atoms with Crippen LogP contribution in [0.4, 0.5) is 17.1 Å². The summed E-state index contributed by atoms with van der Waals surface area (Å²) < 4.78 is 22.4. The van der Waals surface area contributed by atoms with Gasteiger partial charge in [0.25, 0.3) is 0 Å². The van der Waals surface area contributed by atoms with Crippen molar-refractivity contribution in [3.8, 4) is 11.5 Å². The molecular weight excluding hydrogens is 538 g/mol. The Balaban J connectivity index is 1.75. The van der Waals surface area contributed by atoms with E-state index in [-0.39, 0.29) is 44.8 Å². The maximum atomic E-state index is 12.5. The second-order valence-corrected chi connectivity index (χ2v) is 9.95. The van der Waals surface area contributed by atoms with E-state index < -0.39 is 0 Å². The molecule has 42 heavy (non-hydrogen) atoms. The van der Waals surface area contributed by atoms with Crippen molar-refractivity contribution in [2.45, 2.75) is 13.5 Å². The van der Waals surface area contributed by atoms with Gasteiger partial charge in [-0.2, -0.15) is 0 Å². The second kappa shape index (κ2) is 15.0. The summed E-state index contributed by atoms with van der Waals surface area (Å²) in [6.07, 6.45) is 0. The molecule has 10 nitrogen and oxygen atoms in total. The Morgan fingerprint density at radius 2 is 1.31 bits per heavy atom. The van der Waals surface area contributed by atoms with Crippen LogP contribution < -0.4 is 24.2 Å². The number of methoxy groups -OCH3 is 2. The molecule has 0 fully saturated rings. The number of anilines is 3. The molecule has 3 aromatic rings. The van der Waals surface area contributed by atoms with Crippen LogP contribution in [0.25, 0.3) is 0 Å². The number of hydrogen-bond donors (Lipinski definition) is 1. The zero-order valence-corrected chi connectivity index (χ0v) is 24.5. The Hall–Kier alpha value is -4.44. The first-order valence-corrected chi connectivity index (χ1v) is 14.0. The lowest BCUT2D eigenvalue weighted by atomic mass is 10.1. The van der Waals surface area contributed by atoms with Crippen LogP contribution in [0.5, 0.6) is 11.5 Å². The van der Waals surface area contributed by atoms with E-state index in [1.54, 1.807) is 6.07 Å². The normalized spacial score (nSPS) is 14.3. The van der Waals surface area contributed by atoms with Gasteiger partial charge in [0.05, 0.1) is 32.2 Å². The highest BCUT2D eigenvalue weighted by Gasteiger charge is 2.22. The number of carbonyl (C=O) groups excluding carboxylic acids is 2. The SMILES string of the molecule is COC(=O)CN1CCN(c2ccccc2)CCN(CC(=O)OC)c2ccc(CO)cc2OCCOc2cc(C)ccc21. The van der Waals surface area contributed by atoms with Crippen molar-refractivity contribution >= 4 is 29.0 Å². The number of aliphatic hydroxyl groups excluding tert-OH is 1. The van der Waals surface area contributed by atoms with Crippen molar-refractivity contribution in [1.29, 1.82) is 0 Å². The molecule has 0 atom stereocenters. The van der Waals surface area contributed by atoms with Gasteiger partial charge in [-0.15, -0.1) is 0 Å². The number of rotatable bonds is 6. The number of hydrogen-bond acceptors (Lipinski definition) is 10. The van der Waals surface area contributed by atoms with Crippen molar-refractivity contribution in [2.24, 2.45) is 0 Å². The van der Waals surface area contributed by atoms with Crippen molar-refractivity contribution in [3.63, 3.8) is 0 Å². The molecule has 0 unspecified atom stereocenters. The topological polar surface area (TPSA) is 101 Å². The number of benzene rings is 3. The molecule has 0 aromatic heterocycles. The Kier molecular flexibility index (Phi) is 10.9. The lowest BCUT2D eigenvalue weighted by molar-refractivity contribution is -0.139. The van der Waals surface area contributed by atoms with Gasteiger partial charge in [0.1, 0.15) is 37.8 Å². The number of ether oxygens (including phenoxy) is 4. The molecule has 0 spiro atoms. The third kappa shape index (κ3) is 8.07. The highest BCUT2D eigenvalue weighted by molar-refractivity contribution is 5.78. The average molecular weight is 578 g/mol. The van der Waals surface area contributed by atoms with Crippen LogP contribution in [0.2, 0.25) is 0 Å². The van der Waals surface area contributed by atoms with Crippen LogP contribution in [0.3, 0.4) is 0 Å². The third-order valence-electron chi connectivity index (χ3n) is 7.10. The first kappa shape index (κ1) is 30.5. The van der Waals surface area contributed by atoms with Gasteiger partial charge in [-0.25, -0.2) is 0 Å². The van der Waals surface area contributed by atoms with E-state index in [9.17, 15) is 14.7 Å². The summed E-state index contributed by atoms with van der Waals surface area (Å²) >= 11 is 0. The molecule has 1 N–H and O–H groups in total. The Morgan fingerprint density at radius 1 is 0.762 bits per heavy atom. The van der Waals surface area contributed by atoms with Crippen LogP contribution in [-0.2, 0) is 25.7 Å². The van der Waals surface area contributed by atoms with Crippen LogP contribution in [0.15, 0.2) is 66.7 Å². The van der Waals surface area contributed by atoms with E-state index in [1.807, 2.05) is 77.4 Å². The summed E-state index contributed by atoms with van der Waals surface area (Å²) in [5, 5.41) is 9.79. The minimum absolute atomic E-state index is 0.0175. The molecule has 0 saturated carbocycles. The number of aryl methyl sites for hydroxylation is 1. The predicted octanol–water partition coefficient (Wildman–Crippen LogP) is 3.42. The number of aliphatic hydroxyl groups is 1. The quantitative estimate of drug-likeness (QED) is 0.439. The molecule has 4 rings (SSSR count). The van der Waals surface area contributed by atoms with Gasteiger partial charge >= 0.3 is 11.9 Å². The fourth-order valence-corrected chi connectivity index (χ4v) is 4.84. The molecule has 0 radical (unpaired) electrons. The smallest absolute Gasteiger partial charge is 0.325 e. The number of para-hydroxylation sites is 1.